The number of hydrogen-bond donors (Lipinski definition) is 1. The summed E-state index contributed by atoms with van der Waals surface area (Å²) in [7, 11) is 0. The number of furan rings is 1. The molecule has 5 rings (SSSR count). The molecule has 0 bridgehead atoms. The van der Waals surface area contributed by atoms with Crippen LogP contribution in [0.25, 0.3) is 0 Å². The van der Waals surface area contributed by atoms with E-state index in [0.717, 1.165) is 11.1 Å². The first-order chi connectivity index (χ1) is 14.0. The molecule has 7 nitrogen and oxygen atoms in total. The molecule has 4 heterocycles. The third kappa shape index (κ3) is 3.09. The highest BCUT2D eigenvalue weighted by molar-refractivity contribution is 6.30. The molecule has 3 aliphatic rings. The van der Waals surface area contributed by atoms with Gasteiger partial charge in [-0.2, -0.15) is 0 Å². The van der Waals surface area contributed by atoms with Crippen molar-refractivity contribution in [3.8, 4) is 0 Å². The lowest BCUT2D eigenvalue weighted by Crippen LogP contribution is -2.81. The monoisotopic (exact) mass is 415 g/mol. The molecular weight excluding hydrogens is 394 g/mol. The molecule has 2 atom stereocenters. The lowest BCUT2D eigenvalue weighted by atomic mass is 9.82. The lowest BCUT2D eigenvalue weighted by molar-refractivity contribution is -0.181. The van der Waals surface area contributed by atoms with Gasteiger partial charge in [-0.3, -0.25) is 24.3 Å². The van der Waals surface area contributed by atoms with Gasteiger partial charge in [0.1, 0.15) is 5.54 Å². The van der Waals surface area contributed by atoms with E-state index < -0.39 is 17.7 Å². The number of carbonyl (C=O) groups excluding carboxylic acids is 2. The zero-order valence-electron chi connectivity index (χ0n) is 15.8. The normalized spacial score (nSPS) is 26.8. The van der Waals surface area contributed by atoms with Crippen LogP contribution in [0.5, 0.6) is 0 Å². The largest absolute Gasteiger partial charge is 0.472 e. The van der Waals surface area contributed by atoms with Crippen LogP contribution < -0.4 is 0 Å². The summed E-state index contributed by atoms with van der Waals surface area (Å²) in [6.45, 7) is 2.29. The van der Waals surface area contributed by atoms with Gasteiger partial charge in [0.15, 0.2) is 0 Å². The summed E-state index contributed by atoms with van der Waals surface area (Å²) >= 11 is 6.08. The molecule has 2 aromatic rings. The first kappa shape index (κ1) is 18.8. The Bertz CT molecular complexity index is 941. The molecule has 29 heavy (non-hydrogen) atoms. The van der Waals surface area contributed by atoms with Crippen molar-refractivity contribution in [2.45, 2.75) is 37.2 Å². The molecule has 0 saturated carbocycles. The number of amides is 2. The van der Waals surface area contributed by atoms with Gasteiger partial charge in [0.2, 0.25) is 5.91 Å². The first-order valence-electron chi connectivity index (χ1n) is 9.75. The van der Waals surface area contributed by atoms with Crippen LogP contribution in [0.15, 0.2) is 47.3 Å². The van der Waals surface area contributed by atoms with E-state index in [2.05, 4.69) is 4.90 Å². The highest BCUT2D eigenvalue weighted by Crippen LogP contribution is 2.41. The maximum absolute atomic E-state index is 13.5. The topological polar surface area (TPSA) is 77.2 Å². The number of nitrogens with zero attached hydrogens (tertiary/aromatic N) is 3. The van der Waals surface area contributed by atoms with Gasteiger partial charge in [-0.05, 0) is 30.2 Å². The first-order valence-corrected chi connectivity index (χ1v) is 10.1. The maximum atomic E-state index is 13.5. The average Bonchev–Trinajstić information content (AvgIpc) is 3.30. The van der Waals surface area contributed by atoms with E-state index in [4.69, 9.17) is 16.0 Å². The Morgan fingerprint density at radius 1 is 1.17 bits per heavy atom. The minimum absolute atomic E-state index is 0.184. The molecule has 1 aromatic carbocycles. The van der Waals surface area contributed by atoms with Crippen molar-refractivity contribution >= 4 is 23.4 Å². The zero-order valence-corrected chi connectivity index (χ0v) is 16.6. The summed E-state index contributed by atoms with van der Waals surface area (Å²) < 4.78 is 5.13. The number of likely N-dealkylation sites (tertiary alicyclic amines) is 1. The van der Waals surface area contributed by atoms with Crippen molar-refractivity contribution in [1.82, 2.24) is 14.7 Å². The SMILES string of the molecule is O=C1C2CC(O)CN2C2(CN(Cc3ccoc3)C2)C(=O)N1Cc1cccc(Cl)c1. The number of halogens is 1. The van der Waals surface area contributed by atoms with Gasteiger partial charge < -0.3 is 9.52 Å². The molecule has 8 heteroatoms. The van der Waals surface area contributed by atoms with Crippen LogP contribution in [-0.2, 0) is 22.7 Å². The number of β-amino-alcohol motifs (C(OH)–C–C–N with tert-alkyl or cyclic N) is 1. The Morgan fingerprint density at radius 2 is 2.00 bits per heavy atom. The molecule has 3 fully saturated rings. The van der Waals surface area contributed by atoms with Crippen LogP contribution in [-0.4, -0.2) is 68.9 Å². The number of benzene rings is 1. The van der Waals surface area contributed by atoms with Crippen molar-refractivity contribution in [3.63, 3.8) is 0 Å². The van der Waals surface area contributed by atoms with Gasteiger partial charge in [0.05, 0.1) is 31.2 Å². The van der Waals surface area contributed by atoms with Crippen LogP contribution >= 0.6 is 11.6 Å². The Balaban J connectivity index is 1.41. The van der Waals surface area contributed by atoms with Crippen LogP contribution in [0, 0.1) is 0 Å². The van der Waals surface area contributed by atoms with Gasteiger partial charge in [0.25, 0.3) is 5.91 Å². The number of aliphatic hydroxyl groups excluding tert-OH is 1. The standard InChI is InChI=1S/C21H22ClN3O4/c22-16-3-1-2-14(6-16)9-24-19(27)18-7-17(26)10-25(18)21(20(24)28)12-23(13-21)8-15-4-5-29-11-15/h1-6,11,17-18,26H,7-10,12-13H2. The van der Waals surface area contributed by atoms with Crippen LogP contribution in [0.4, 0.5) is 0 Å². The summed E-state index contributed by atoms with van der Waals surface area (Å²) in [5.74, 6) is -0.415. The summed E-state index contributed by atoms with van der Waals surface area (Å²) in [4.78, 5) is 32.1. The quantitative estimate of drug-likeness (QED) is 0.762. The fraction of sp³-hybridized carbons (Fsp3) is 0.429. The summed E-state index contributed by atoms with van der Waals surface area (Å²) in [5, 5.41) is 10.8. The molecule has 0 aliphatic carbocycles. The summed E-state index contributed by atoms with van der Waals surface area (Å²) in [5.41, 5.74) is 1.10. The Hall–Kier alpha value is -2.19. The zero-order chi connectivity index (χ0) is 20.2. The molecular formula is C21H22ClN3O4. The van der Waals surface area contributed by atoms with E-state index in [0.29, 0.717) is 37.6 Å². The molecule has 3 aliphatic heterocycles. The maximum Gasteiger partial charge on any atom is 0.252 e. The van der Waals surface area contributed by atoms with E-state index in [9.17, 15) is 14.7 Å². The second kappa shape index (κ2) is 6.95. The van der Waals surface area contributed by atoms with E-state index in [1.165, 1.54) is 4.90 Å². The minimum Gasteiger partial charge on any atom is -0.472 e. The smallest absolute Gasteiger partial charge is 0.252 e. The molecule has 1 aromatic heterocycles. The second-order valence-corrected chi connectivity index (χ2v) is 8.66. The molecule has 3 saturated heterocycles. The van der Waals surface area contributed by atoms with Crippen molar-refractivity contribution in [2.75, 3.05) is 19.6 Å². The molecule has 2 amide bonds. The number of aliphatic hydroxyl groups is 1. The van der Waals surface area contributed by atoms with Gasteiger partial charge in [-0.1, -0.05) is 23.7 Å². The van der Waals surface area contributed by atoms with Crippen molar-refractivity contribution in [2.24, 2.45) is 0 Å². The number of carbonyl (C=O) groups is 2. The van der Waals surface area contributed by atoms with E-state index in [-0.39, 0.29) is 18.4 Å². The molecule has 152 valence electrons. The summed E-state index contributed by atoms with van der Waals surface area (Å²) in [6, 6.07) is 8.66. The van der Waals surface area contributed by atoms with Gasteiger partial charge in [0, 0.05) is 36.8 Å². The predicted molar refractivity (Wildman–Crippen MR) is 105 cm³/mol. The average molecular weight is 416 g/mol. The number of imide groups is 1. The third-order valence-electron chi connectivity index (χ3n) is 6.21. The Labute approximate surface area is 173 Å². The molecule has 1 spiro atoms. The van der Waals surface area contributed by atoms with E-state index in [1.54, 1.807) is 24.7 Å². The van der Waals surface area contributed by atoms with Crippen molar-refractivity contribution in [3.05, 3.63) is 59.0 Å². The molecule has 2 unspecified atom stereocenters. The Kier molecular flexibility index (Phi) is 4.51. The number of fused-ring (bicyclic) bond motifs is 2. The Morgan fingerprint density at radius 3 is 2.72 bits per heavy atom. The highest BCUT2D eigenvalue weighted by atomic mass is 35.5. The number of hydrogen-bond acceptors (Lipinski definition) is 6. The van der Waals surface area contributed by atoms with Crippen LogP contribution in [0.1, 0.15) is 17.5 Å². The lowest BCUT2D eigenvalue weighted by Gasteiger charge is -2.58. The van der Waals surface area contributed by atoms with Crippen LogP contribution in [0.3, 0.4) is 0 Å². The highest BCUT2D eigenvalue weighted by Gasteiger charge is 2.64. The van der Waals surface area contributed by atoms with Crippen molar-refractivity contribution in [1.29, 1.82) is 0 Å². The molecule has 0 radical (unpaired) electrons. The third-order valence-corrected chi connectivity index (χ3v) is 6.44. The second-order valence-electron chi connectivity index (χ2n) is 8.23. The van der Waals surface area contributed by atoms with Gasteiger partial charge in [-0.25, -0.2) is 0 Å². The van der Waals surface area contributed by atoms with Crippen molar-refractivity contribution < 1.29 is 19.1 Å². The molecule has 1 N–H and O–H groups in total. The summed E-state index contributed by atoms with van der Waals surface area (Å²) in [6.07, 6.45) is 3.10. The number of rotatable bonds is 4. The van der Waals surface area contributed by atoms with E-state index >= 15 is 0 Å². The van der Waals surface area contributed by atoms with Gasteiger partial charge >= 0.3 is 0 Å². The fourth-order valence-electron chi connectivity index (χ4n) is 4.91. The minimum atomic E-state index is -0.766. The number of piperazine rings is 1. The van der Waals surface area contributed by atoms with Gasteiger partial charge in [-0.15, -0.1) is 0 Å². The van der Waals surface area contributed by atoms with Crippen LogP contribution in [0.2, 0.25) is 5.02 Å². The fourth-order valence-corrected chi connectivity index (χ4v) is 5.12. The predicted octanol–water partition coefficient (Wildman–Crippen LogP) is 1.49. The van der Waals surface area contributed by atoms with E-state index in [1.807, 2.05) is 23.1 Å².